The lowest BCUT2D eigenvalue weighted by Gasteiger charge is -2.25. The van der Waals surface area contributed by atoms with Gasteiger partial charge in [0.2, 0.25) is 0 Å². The zero-order valence-electron chi connectivity index (χ0n) is 10.7. The van der Waals surface area contributed by atoms with Gasteiger partial charge in [-0.25, -0.2) is 0 Å². The Bertz CT molecular complexity index is 328. The van der Waals surface area contributed by atoms with E-state index in [2.05, 4.69) is 5.32 Å². The molecule has 0 saturated heterocycles. The average Bonchev–Trinajstić information content (AvgIpc) is 2.83. The average molecular weight is 233 g/mol. The van der Waals surface area contributed by atoms with E-state index < -0.39 is 5.60 Å². The predicted molar refractivity (Wildman–Crippen MR) is 70.8 cm³/mol. The van der Waals surface area contributed by atoms with Gasteiger partial charge in [-0.15, -0.1) is 0 Å². The van der Waals surface area contributed by atoms with E-state index in [1.165, 1.54) is 25.7 Å². The molecule has 1 aromatic rings. The Balaban J connectivity index is 1.80. The van der Waals surface area contributed by atoms with Crippen molar-refractivity contribution in [2.24, 2.45) is 5.92 Å². The molecule has 0 aliphatic heterocycles. The van der Waals surface area contributed by atoms with E-state index in [0.717, 1.165) is 18.0 Å². The van der Waals surface area contributed by atoms with Crippen LogP contribution in [0.4, 0.5) is 0 Å². The maximum atomic E-state index is 10.4. The number of nitrogens with one attached hydrogen (secondary N) is 1. The van der Waals surface area contributed by atoms with Gasteiger partial charge < -0.3 is 10.4 Å². The van der Waals surface area contributed by atoms with Crippen molar-refractivity contribution in [2.45, 2.75) is 38.2 Å². The van der Waals surface area contributed by atoms with Crippen LogP contribution < -0.4 is 5.32 Å². The number of benzene rings is 1. The molecule has 1 fully saturated rings. The third-order valence-electron chi connectivity index (χ3n) is 3.77. The molecular formula is C15H23NO. The molecule has 2 heteroatoms. The fourth-order valence-corrected chi connectivity index (χ4v) is 2.63. The van der Waals surface area contributed by atoms with Crippen LogP contribution in [0.15, 0.2) is 30.3 Å². The fraction of sp³-hybridized carbons (Fsp3) is 0.600. The lowest BCUT2D eigenvalue weighted by molar-refractivity contribution is 0.0561. The summed E-state index contributed by atoms with van der Waals surface area (Å²) in [6, 6.07) is 9.89. The van der Waals surface area contributed by atoms with Crippen molar-refractivity contribution >= 4 is 0 Å². The molecule has 1 unspecified atom stereocenters. The molecule has 2 N–H and O–H groups in total. The van der Waals surface area contributed by atoms with E-state index in [1.54, 1.807) is 0 Å². The second-order valence-electron chi connectivity index (χ2n) is 5.42. The molecule has 0 radical (unpaired) electrons. The van der Waals surface area contributed by atoms with E-state index in [4.69, 9.17) is 0 Å². The van der Waals surface area contributed by atoms with E-state index in [9.17, 15) is 5.11 Å². The Kier molecular flexibility index (Phi) is 4.19. The zero-order chi connectivity index (χ0) is 12.1. The van der Waals surface area contributed by atoms with Gasteiger partial charge in [-0.3, -0.25) is 0 Å². The molecule has 2 rings (SSSR count). The highest BCUT2D eigenvalue weighted by molar-refractivity contribution is 5.21. The Morgan fingerprint density at radius 2 is 1.88 bits per heavy atom. The summed E-state index contributed by atoms with van der Waals surface area (Å²) in [5.74, 6) is 0.821. The molecule has 1 aliphatic carbocycles. The molecule has 0 aromatic heterocycles. The van der Waals surface area contributed by atoms with Gasteiger partial charge in [0.05, 0.1) is 5.60 Å². The van der Waals surface area contributed by atoms with Gasteiger partial charge in [0.25, 0.3) is 0 Å². The third-order valence-corrected chi connectivity index (χ3v) is 3.77. The molecule has 0 spiro atoms. The van der Waals surface area contributed by atoms with Crippen LogP contribution in [0, 0.1) is 5.92 Å². The summed E-state index contributed by atoms with van der Waals surface area (Å²) < 4.78 is 0. The summed E-state index contributed by atoms with van der Waals surface area (Å²) >= 11 is 0. The third kappa shape index (κ3) is 3.55. The number of hydrogen-bond donors (Lipinski definition) is 2. The molecule has 1 saturated carbocycles. The minimum absolute atomic E-state index is 0.632. The van der Waals surface area contributed by atoms with Crippen LogP contribution >= 0.6 is 0 Å². The summed E-state index contributed by atoms with van der Waals surface area (Å²) in [5, 5.41) is 13.8. The minimum Gasteiger partial charge on any atom is -0.384 e. The van der Waals surface area contributed by atoms with E-state index >= 15 is 0 Å². The van der Waals surface area contributed by atoms with Gasteiger partial charge in [0, 0.05) is 6.54 Å². The van der Waals surface area contributed by atoms with Crippen LogP contribution in [0.2, 0.25) is 0 Å². The minimum atomic E-state index is -0.764. The van der Waals surface area contributed by atoms with Crippen molar-refractivity contribution in [3.05, 3.63) is 35.9 Å². The smallest absolute Gasteiger partial charge is 0.0992 e. The van der Waals surface area contributed by atoms with E-state index in [-0.39, 0.29) is 0 Å². The molecule has 94 valence electrons. The molecule has 0 bridgehead atoms. The summed E-state index contributed by atoms with van der Waals surface area (Å²) in [6.45, 7) is 3.56. The van der Waals surface area contributed by atoms with Crippen molar-refractivity contribution in [2.75, 3.05) is 13.1 Å². The topological polar surface area (TPSA) is 32.3 Å². The van der Waals surface area contributed by atoms with E-state index in [1.807, 2.05) is 37.3 Å². The number of rotatable bonds is 5. The fourth-order valence-electron chi connectivity index (χ4n) is 2.63. The molecular weight excluding hydrogens is 210 g/mol. The molecule has 17 heavy (non-hydrogen) atoms. The highest BCUT2D eigenvalue weighted by atomic mass is 16.3. The molecule has 2 nitrogen and oxygen atoms in total. The van der Waals surface area contributed by atoms with Gasteiger partial charge >= 0.3 is 0 Å². The van der Waals surface area contributed by atoms with Crippen LogP contribution in [0.25, 0.3) is 0 Å². The number of hydrogen-bond acceptors (Lipinski definition) is 2. The van der Waals surface area contributed by atoms with Gasteiger partial charge in [-0.05, 0) is 37.8 Å². The first-order valence-corrected chi connectivity index (χ1v) is 6.67. The molecule has 0 heterocycles. The van der Waals surface area contributed by atoms with Crippen molar-refractivity contribution in [3.63, 3.8) is 0 Å². The largest absolute Gasteiger partial charge is 0.384 e. The molecule has 1 aliphatic rings. The molecule has 1 aromatic carbocycles. The lowest BCUT2D eigenvalue weighted by Crippen LogP contribution is -2.37. The highest BCUT2D eigenvalue weighted by Crippen LogP contribution is 2.24. The summed E-state index contributed by atoms with van der Waals surface area (Å²) in [7, 11) is 0. The zero-order valence-corrected chi connectivity index (χ0v) is 10.7. The first-order valence-electron chi connectivity index (χ1n) is 6.67. The first kappa shape index (κ1) is 12.6. The first-order chi connectivity index (χ1) is 8.18. The highest BCUT2D eigenvalue weighted by Gasteiger charge is 2.23. The van der Waals surface area contributed by atoms with Gasteiger partial charge in [0.1, 0.15) is 0 Å². The molecule has 0 amide bonds. The Morgan fingerprint density at radius 3 is 2.53 bits per heavy atom. The van der Waals surface area contributed by atoms with Crippen molar-refractivity contribution < 1.29 is 5.11 Å². The summed E-state index contributed by atoms with van der Waals surface area (Å²) in [6.07, 6.45) is 5.45. The van der Waals surface area contributed by atoms with Crippen LogP contribution in [-0.2, 0) is 5.60 Å². The van der Waals surface area contributed by atoms with Gasteiger partial charge in [0.15, 0.2) is 0 Å². The normalized spacial score (nSPS) is 20.4. The lowest BCUT2D eigenvalue weighted by atomic mass is 9.96. The summed E-state index contributed by atoms with van der Waals surface area (Å²) in [5.41, 5.74) is 0.221. The second kappa shape index (κ2) is 5.65. The van der Waals surface area contributed by atoms with Gasteiger partial charge in [-0.2, -0.15) is 0 Å². The predicted octanol–water partition coefficient (Wildman–Crippen LogP) is 2.67. The Labute approximate surface area is 104 Å². The van der Waals surface area contributed by atoms with Gasteiger partial charge in [-0.1, -0.05) is 43.2 Å². The van der Waals surface area contributed by atoms with E-state index in [0.29, 0.717) is 6.54 Å². The van der Waals surface area contributed by atoms with Crippen molar-refractivity contribution in [1.82, 2.24) is 5.32 Å². The van der Waals surface area contributed by atoms with Crippen molar-refractivity contribution in [3.8, 4) is 0 Å². The Morgan fingerprint density at radius 1 is 1.24 bits per heavy atom. The van der Waals surface area contributed by atoms with Crippen LogP contribution in [0.1, 0.15) is 38.2 Å². The summed E-state index contributed by atoms with van der Waals surface area (Å²) in [4.78, 5) is 0. The van der Waals surface area contributed by atoms with Crippen LogP contribution in [0.5, 0.6) is 0 Å². The van der Waals surface area contributed by atoms with Crippen LogP contribution in [-0.4, -0.2) is 18.2 Å². The SMILES string of the molecule is CC(O)(CNCC1CCCC1)c1ccccc1. The maximum Gasteiger partial charge on any atom is 0.0992 e. The van der Waals surface area contributed by atoms with Crippen LogP contribution in [0.3, 0.4) is 0 Å². The monoisotopic (exact) mass is 233 g/mol. The number of aliphatic hydroxyl groups is 1. The maximum absolute atomic E-state index is 10.4. The Hall–Kier alpha value is -0.860. The quantitative estimate of drug-likeness (QED) is 0.819. The second-order valence-corrected chi connectivity index (χ2v) is 5.42. The van der Waals surface area contributed by atoms with Crippen molar-refractivity contribution in [1.29, 1.82) is 0 Å². The standard InChI is InChI=1S/C15H23NO/c1-15(17,14-9-3-2-4-10-14)12-16-11-13-7-5-6-8-13/h2-4,9-10,13,16-17H,5-8,11-12H2,1H3. The molecule has 1 atom stereocenters.